The minimum atomic E-state index is -1.01. The van der Waals surface area contributed by atoms with Gasteiger partial charge in [0.2, 0.25) is 5.76 Å². The molecule has 1 fully saturated rings. The maximum atomic E-state index is 10.9. The van der Waals surface area contributed by atoms with Crippen molar-refractivity contribution in [3.63, 3.8) is 0 Å². The molecule has 2 heterocycles. The Bertz CT molecular complexity index is 493. The summed E-state index contributed by atoms with van der Waals surface area (Å²) in [6.45, 7) is 1.75. The summed E-state index contributed by atoms with van der Waals surface area (Å²) in [5.41, 5.74) is 0.682. The Kier molecular flexibility index (Phi) is 4.82. The molecule has 1 aliphatic rings. The van der Waals surface area contributed by atoms with Crippen molar-refractivity contribution >= 4 is 11.8 Å². The van der Waals surface area contributed by atoms with Crippen molar-refractivity contribution in [2.24, 2.45) is 0 Å². The van der Waals surface area contributed by atoms with Gasteiger partial charge in [0.15, 0.2) is 0 Å². The van der Waals surface area contributed by atoms with Crippen molar-refractivity contribution in [2.45, 2.75) is 57.9 Å². The highest BCUT2D eigenvalue weighted by Crippen LogP contribution is 2.18. The summed E-state index contributed by atoms with van der Waals surface area (Å²) in [6, 6.07) is 2.19. The SMILES string of the molecule is Cc1cc(CCCC2CCCCC(=N)N2)oc1C(=O)O. The Morgan fingerprint density at radius 2 is 2.35 bits per heavy atom. The monoisotopic (exact) mass is 278 g/mol. The van der Waals surface area contributed by atoms with Gasteiger partial charge in [0.05, 0.1) is 5.84 Å². The van der Waals surface area contributed by atoms with Gasteiger partial charge in [-0.05, 0) is 38.7 Å². The molecule has 3 N–H and O–H groups in total. The minimum Gasteiger partial charge on any atom is -0.475 e. The van der Waals surface area contributed by atoms with Crippen molar-refractivity contribution in [1.29, 1.82) is 5.41 Å². The highest BCUT2D eigenvalue weighted by atomic mass is 16.4. The lowest BCUT2D eigenvalue weighted by Gasteiger charge is -2.16. The van der Waals surface area contributed by atoms with Gasteiger partial charge in [-0.1, -0.05) is 6.42 Å². The molecule has 1 unspecified atom stereocenters. The lowest BCUT2D eigenvalue weighted by Crippen LogP contribution is -2.32. The maximum absolute atomic E-state index is 10.9. The van der Waals surface area contributed by atoms with Gasteiger partial charge in [0, 0.05) is 24.4 Å². The van der Waals surface area contributed by atoms with Crippen LogP contribution in [0.2, 0.25) is 0 Å². The fourth-order valence-corrected chi connectivity index (χ4v) is 2.71. The van der Waals surface area contributed by atoms with Crippen LogP contribution in [0.1, 0.15) is 60.4 Å². The van der Waals surface area contributed by atoms with Crippen LogP contribution in [-0.2, 0) is 6.42 Å². The molecule has 0 aliphatic carbocycles. The predicted molar refractivity (Wildman–Crippen MR) is 76.5 cm³/mol. The molecule has 1 aromatic heterocycles. The lowest BCUT2D eigenvalue weighted by molar-refractivity contribution is 0.0659. The Labute approximate surface area is 118 Å². The molecule has 5 heteroatoms. The van der Waals surface area contributed by atoms with Crippen LogP contribution in [0.5, 0.6) is 0 Å². The zero-order valence-corrected chi connectivity index (χ0v) is 11.9. The molecule has 2 rings (SSSR count). The summed E-state index contributed by atoms with van der Waals surface area (Å²) in [4.78, 5) is 10.9. The minimum absolute atomic E-state index is 0.0503. The van der Waals surface area contributed by atoms with E-state index < -0.39 is 5.97 Å². The summed E-state index contributed by atoms with van der Waals surface area (Å²) in [5.74, 6) is 0.431. The van der Waals surface area contributed by atoms with Gasteiger partial charge >= 0.3 is 5.97 Å². The third-order valence-corrected chi connectivity index (χ3v) is 3.75. The number of carboxylic acids is 1. The largest absolute Gasteiger partial charge is 0.475 e. The van der Waals surface area contributed by atoms with Crippen LogP contribution in [0.15, 0.2) is 10.5 Å². The number of carbonyl (C=O) groups is 1. The zero-order valence-electron chi connectivity index (χ0n) is 11.9. The third-order valence-electron chi connectivity index (χ3n) is 3.75. The van der Waals surface area contributed by atoms with E-state index in [-0.39, 0.29) is 5.76 Å². The lowest BCUT2D eigenvalue weighted by atomic mass is 10.0. The molecule has 20 heavy (non-hydrogen) atoms. The van der Waals surface area contributed by atoms with Crippen LogP contribution in [0, 0.1) is 12.3 Å². The number of amidine groups is 1. The van der Waals surface area contributed by atoms with E-state index in [1.807, 2.05) is 6.07 Å². The summed E-state index contributed by atoms with van der Waals surface area (Å²) in [7, 11) is 0. The van der Waals surface area contributed by atoms with Crippen LogP contribution < -0.4 is 5.32 Å². The molecule has 1 aliphatic heterocycles. The zero-order chi connectivity index (χ0) is 14.5. The highest BCUT2D eigenvalue weighted by molar-refractivity contribution is 5.86. The number of aromatic carboxylic acids is 1. The van der Waals surface area contributed by atoms with E-state index in [1.54, 1.807) is 6.92 Å². The van der Waals surface area contributed by atoms with Gasteiger partial charge in [-0.3, -0.25) is 5.41 Å². The Hall–Kier alpha value is -1.78. The average Bonchev–Trinajstić information content (AvgIpc) is 2.62. The summed E-state index contributed by atoms with van der Waals surface area (Å²) in [5, 5.41) is 19.9. The highest BCUT2D eigenvalue weighted by Gasteiger charge is 2.16. The van der Waals surface area contributed by atoms with E-state index >= 15 is 0 Å². The summed E-state index contributed by atoms with van der Waals surface area (Å²) >= 11 is 0. The number of aryl methyl sites for hydroxylation is 2. The molecule has 0 spiro atoms. The molecule has 1 saturated heterocycles. The number of hydrogen-bond acceptors (Lipinski definition) is 3. The number of hydrogen-bond donors (Lipinski definition) is 3. The fourth-order valence-electron chi connectivity index (χ4n) is 2.71. The molecule has 1 atom stereocenters. The van der Waals surface area contributed by atoms with E-state index in [1.165, 1.54) is 6.42 Å². The second-order valence-corrected chi connectivity index (χ2v) is 5.49. The van der Waals surface area contributed by atoms with E-state index in [9.17, 15) is 4.79 Å². The molecule has 0 radical (unpaired) electrons. The number of carboxylic acid groups (broad SMARTS) is 1. The standard InChI is InChI=1S/C15H22N2O3/c1-10-9-12(20-14(10)15(18)19)7-4-6-11-5-2-3-8-13(16)17-11/h9,11H,2-8H2,1H3,(H2,16,17)(H,18,19). The maximum Gasteiger partial charge on any atom is 0.372 e. The molecule has 1 aromatic rings. The van der Waals surface area contributed by atoms with Gasteiger partial charge in [0.25, 0.3) is 0 Å². The number of furan rings is 1. The second kappa shape index (κ2) is 6.59. The first kappa shape index (κ1) is 14.6. The van der Waals surface area contributed by atoms with Gasteiger partial charge < -0.3 is 14.8 Å². The first-order valence-corrected chi connectivity index (χ1v) is 7.23. The topological polar surface area (TPSA) is 86.3 Å². The van der Waals surface area contributed by atoms with Gasteiger partial charge in [0.1, 0.15) is 5.76 Å². The summed E-state index contributed by atoms with van der Waals surface area (Å²) in [6.07, 6.45) is 6.92. The first-order chi connectivity index (χ1) is 9.56. The third kappa shape index (κ3) is 3.85. The van der Waals surface area contributed by atoms with E-state index in [0.29, 0.717) is 17.4 Å². The molecule has 0 bridgehead atoms. The van der Waals surface area contributed by atoms with Crippen molar-refractivity contribution in [1.82, 2.24) is 5.32 Å². The van der Waals surface area contributed by atoms with E-state index in [0.717, 1.165) is 44.3 Å². The van der Waals surface area contributed by atoms with Crippen molar-refractivity contribution < 1.29 is 14.3 Å². The van der Waals surface area contributed by atoms with Gasteiger partial charge in [-0.15, -0.1) is 0 Å². The van der Waals surface area contributed by atoms with Crippen LogP contribution in [-0.4, -0.2) is 23.0 Å². The van der Waals surface area contributed by atoms with Gasteiger partial charge in [-0.2, -0.15) is 0 Å². The Balaban J connectivity index is 1.82. The summed E-state index contributed by atoms with van der Waals surface area (Å²) < 4.78 is 5.35. The van der Waals surface area contributed by atoms with Crippen molar-refractivity contribution in [2.75, 3.05) is 0 Å². The van der Waals surface area contributed by atoms with E-state index in [2.05, 4.69) is 5.32 Å². The van der Waals surface area contributed by atoms with Gasteiger partial charge in [-0.25, -0.2) is 4.79 Å². The second-order valence-electron chi connectivity index (χ2n) is 5.49. The quantitative estimate of drug-likeness (QED) is 0.772. The molecule has 0 saturated carbocycles. The Morgan fingerprint density at radius 1 is 1.55 bits per heavy atom. The fraction of sp³-hybridized carbons (Fsp3) is 0.600. The normalized spacial score (nSPS) is 19.4. The molecule has 5 nitrogen and oxygen atoms in total. The molecule has 0 amide bonds. The molecular weight excluding hydrogens is 256 g/mol. The van der Waals surface area contributed by atoms with E-state index in [4.69, 9.17) is 14.9 Å². The van der Waals surface area contributed by atoms with Crippen molar-refractivity contribution in [3.05, 3.63) is 23.2 Å². The average molecular weight is 278 g/mol. The first-order valence-electron chi connectivity index (χ1n) is 7.23. The van der Waals surface area contributed by atoms with Crippen LogP contribution in [0.3, 0.4) is 0 Å². The predicted octanol–water partition coefficient (Wildman–Crippen LogP) is 3.12. The number of nitrogens with one attached hydrogen (secondary N) is 2. The molecular formula is C15H22N2O3. The Morgan fingerprint density at radius 3 is 3.05 bits per heavy atom. The smallest absolute Gasteiger partial charge is 0.372 e. The van der Waals surface area contributed by atoms with Crippen LogP contribution >= 0.6 is 0 Å². The number of rotatable bonds is 5. The van der Waals surface area contributed by atoms with Crippen LogP contribution in [0.25, 0.3) is 0 Å². The molecule has 110 valence electrons. The van der Waals surface area contributed by atoms with Crippen molar-refractivity contribution in [3.8, 4) is 0 Å². The molecule has 0 aromatic carbocycles. The van der Waals surface area contributed by atoms with Crippen LogP contribution in [0.4, 0.5) is 0 Å².